The summed E-state index contributed by atoms with van der Waals surface area (Å²) in [6.07, 6.45) is 1.10. The first-order valence-corrected chi connectivity index (χ1v) is 10.7. The Morgan fingerprint density at radius 1 is 1.04 bits per heavy atom. The molecule has 0 saturated heterocycles. The summed E-state index contributed by atoms with van der Waals surface area (Å²) in [6, 6.07) is 4.29. The highest BCUT2D eigenvalue weighted by molar-refractivity contribution is 7.99. The Kier molecular flexibility index (Phi) is 9.81. The van der Waals surface area contributed by atoms with E-state index in [1.807, 2.05) is 0 Å². The van der Waals surface area contributed by atoms with E-state index in [9.17, 15) is 9.18 Å². The van der Waals surface area contributed by atoms with Crippen molar-refractivity contribution < 1.29 is 23.0 Å². The van der Waals surface area contributed by atoms with Gasteiger partial charge in [0.25, 0.3) is 0 Å². The highest BCUT2D eigenvalue weighted by Crippen LogP contribution is 2.27. The van der Waals surface area contributed by atoms with Gasteiger partial charge in [0.2, 0.25) is 0 Å². The summed E-state index contributed by atoms with van der Waals surface area (Å²) in [5, 5.41) is 0.449. The highest BCUT2D eigenvalue weighted by atomic mass is 32.2. The molecule has 28 heavy (non-hydrogen) atoms. The third-order valence-corrected chi connectivity index (χ3v) is 4.88. The minimum Gasteiger partial charge on any atom is -0.490 e. The van der Waals surface area contributed by atoms with Crippen molar-refractivity contribution in [2.24, 2.45) is 5.92 Å². The zero-order valence-corrected chi connectivity index (χ0v) is 17.6. The van der Waals surface area contributed by atoms with Crippen LogP contribution in [-0.4, -0.2) is 44.5 Å². The van der Waals surface area contributed by atoms with Crippen molar-refractivity contribution in [3.63, 3.8) is 0 Å². The van der Waals surface area contributed by atoms with E-state index in [4.69, 9.17) is 18.6 Å². The van der Waals surface area contributed by atoms with Crippen LogP contribution in [0, 0.1) is 18.7 Å². The van der Waals surface area contributed by atoms with Crippen molar-refractivity contribution in [3.05, 3.63) is 40.0 Å². The first kappa shape index (κ1) is 22.7. The van der Waals surface area contributed by atoms with E-state index < -0.39 is 11.4 Å². The molecule has 156 valence electrons. The number of ether oxygens (including phenoxy) is 3. The topological polar surface area (TPSA) is 57.9 Å². The third kappa shape index (κ3) is 7.81. The zero-order chi connectivity index (χ0) is 20.4. The van der Waals surface area contributed by atoms with Crippen LogP contribution in [0.25, 0.3) is 11.0 Å². The Morgan fingerprint density at radius 2 is 1.75 bits per heavy atom. The van der Waals surface area contributed by atoms with E-state index in [-0.39, 0.29) is 12.2 Å². The van der Waals surface area contributed by atoms with Gasteiger partial charge in [-0.2, -0.15) is 11.8 Å². The molecule has 0 aliphatic heterocycles. The summed E-state index contributed by atoms with van der Waals surface area (Å²) >= 11 is 1.79. The van der Waals surface area contributed by atoms with Crippen molar-refractivity contribution in [1.29, 1.82) is 0 Å². The van der Waals surface area contributed by atoms with Gasteiger partial charge in [-0.15, -0.1) is 0 Å². The molecule has 0 amide bonds. The smallest absolute Gasteiger partial charge is 0.340 e. The van der Waals surface area contributed by atoms with Crippen LogP contribution in [0.2, 0.25) is 0 Å². The Morgan fingerprint density at radius 3 is 2.46 bits per heavy atom. The monoisotopic (exact) mass is 412 g/mol. The fraction of sp³-hybridized carbons (Fsp3) is 0.571. The summed E-state index contributed by atoms with van der Waals surface area (Å²) in [5.74, 6) is 2.25. The van der Waals surface area contributed by atoms with Gasteiger partial charge in [0.15, 0.2) is 11.4 Å². The molecule has 1 aromatic carbocycles. The predicted octanol–water partition coefficient (Wildman–Crippen LogP) is 4.43. The number of hydrogen-bond acceptors (Lipinski definition) is 6. The molecule has 2 aromatic rings. The summed E-state index contributed by atoms with van der Waals surface area (Å²) < 4.78 is 35.7. The van der Waals surface area contributed by atoms with Crippen LogP contribution >= 0.6 is 11.8 Å². The number of rotatable bonds is 13. The van der Waals surface area contributed by atoms with Gasteiger partial charge >= 0.3 is 5.63 Å². The minimum absolute atomic E-state index is 0.0824. The Labute approximate surface area is 169 Å². The SMILES string of the molecule is Cc1cc(F)c2oc(=O)cc(OCCOCCSCCOCCC(C)C)c2c1. The van der Waals surface area contributed by atoms with Crippen molar-refractivity contribution >= 4 is 22.7 Å². The van der Waals surface area contributed by atoms with Crippen LogP contribution < -0.4 is 10.4 Å². The molecule has 7 heteroatoms. The molecule has 0 atom stereocenters. The van der Waals surface area contributed by atoms with Crippen molar-refractivity contribution in [1.82, 2.24) is 0 Å². The molecule has 0 unspecified atom stereocenters. The molecule has 0 aliphatic carbocycles. The van der Waals surface area contributed by atoms with Gasteiger partial charge in [0, 0.05) is 18.1 Å². The summed E-state index contributed by atoms with van der Waals surface area (Å²) in [5.41, 5.74) is 0.00405. The van der Waals surface area contributed by atoms with Gasteiger partial charge in [-0.3, -0.25) is 0 Å². The standard InChI is InChI=1S/C21H29FO5S/c1-15(2)4-5-24-8-10-28-11-9-25-6-7-26-19-14-20(23)27-21-17(19)12-16(3)13-18(21)22/h12-15H,4-11H2,1-3H3. The predicted molar refractivity (Wildman–Crippen MR) is 111 cm³/mol. The lowest BCUT2D eigenvalue weighted by molar-refractivity contribution is 0.112. The first-order chi connectivity index (χ1) is 13.5. The quantitative estimate of drug-likeness (QED) is 0.358. The molecule has 0 aliphatic rings. The second-order valence-electron chi connectivity index (χ2n) is 6.92. The number of fused-ring (bicyclic) bond motifs is 1. The molecule has 5 nitrogen and oxygen atoms in total. The maximum atomic E-state index is 14.0. The summed E-state index contributed by atoms with van der Waals surface area (Å²) in [4.78, 5) is 11.6. The summed E-state index contributed by atoms with van der Waals surface area (Å²) in [6.45, 7) is 9.01. The van der Waals surface area contributed by atoms with E-state index in [0.717, 1.165) is 36.7 Å². The molecular formula is C21H29FO5S. The van der Waals surface area contributed by atoms with Gasteiger partial charge in [-0.25, -0.2) is 9.18 Å². The Bertz CT molecular complexity index is 790. The molecule has 0 bridgehead atoms. The molecule has 1 heterocycles. The van der Waals surface area contributed by atoms with E-state index in [1.165, 1.54) is 12.1 Å². The molecule has 2 rings (SSSR count). The molecule has 0 fully saturated rings. The lowest BCUT2D eigenvalue weighted by Gasteiger charge is -2.10. The van der Waals surface area contributed by atoms with Crippen LogP contribution in [0.4, 0.5) is 4.39 Å². The minimum atomic E-state index is -0.641. The van der Waals surface area contributed by atoms with Gasteiger partial charge in [0.1, 0.15) is 12.4 Å². The average molecular weight is 413 g/mol. The maximum Gasteiger partial charge on any atom is 0.340 e. The van der Waals surface area contributed by atoms with Crippen LogP contribution in [-0.2, 0) is 9.47 Å². The van der Waals surface area contributed by atoms with Gasteiger partial charge in [-0.05, 0) is 37.0 Å². The number of halogens is 1. The van der Waals surface area contributed by atoms with Crippen LogP contribution in [0.1, 0.15) is 25.8 Å². The van der Waals surface area contributed by atoms with Crippen LogP contribution in [0.3, 0.4) is 0 Å². The van der Waals surface area contributed by atoms with Crippen LogP contribution in [0.5, 0.6) is 5.75 Å². The van der Waals surface area contributed by atoms with E-state index in [0.29, 0.717) is 30.3 Å². The average Bonchev–Trinajstić information content (AvgIpc) is 2.63. The molecule has 0 spiro atoms. The lowest BCUT2D eigenvalue weighted by Crippen LogP contribution is -2.11. The second-order valence-corrected chi connectivity index (χ2v) is 8.15. The number of hydrogen-bond donors (Lipinski definition) is 0. The number of benzene rings is 1. The lowest BCUT2D eigenvalue weighted by atomic mass is 10.1. The van der Waals surface area contributed by atoms with Crippen molar-refractivity contribution in [2.45, 2.75) is 27.2 Å². The van der Waals surface area contributed by atoms with Gasteiger partial charge in [-0.1, -0.05) is 13.8 Å². The third-order valence-electron chi connectivity index (χ3n) is 3.97. The molecule has 0 saturated carbocycles. The Hall–Kier alpha value is -1.57. The summed E-state index contributed by atoms with van der Waals surface area (Å²) in [7, 11) is 0. The molecular weight excluding hydrogens is 383 g/mol. The number of thioether (sulfide) groups is 1. The van der Waals surface area contributed by atoms with E-state index in [2.05, 4.69) is 13.8 Å². The van der Waals surface area contributed by atoms with Crippen molar-refractivity contribution in [3.8, 4) is 5.75 Å². The fourth-order valence-electron chi connectivity index (χ4n) is 2.52. The molecule has 0 N–H and O–H groups in total. The fourth-order valence-corrected chi connectivity index (χ4v) is 3.20. The maximum absolute atomic E-state index is 14.0. The zero-order valence-electron chi connectivity index (χ0n) is 16.8. The van der Waals surface area contributed by atoms with E-state index >= 15 is 0 Å². The first-order valence-electron chi connectivity index (χ1n) is 9.57. The van der Waals surface area contributed by atoms with Crippen LogP contribution in [0.15, 0.2) is 27.4 Å². The largest absolute Gasteiger partial charge is 0.490 e. The normalized spacial score (nSPS) is 11.5. The number of aryl methyl sites for hydroxylation is 1. The molecule has 1 aromatic heterocycles. The highest BCUT2D eigenvalue weighted by Gasteiger charge is 2.12. The van der Waals surface area contributed by atoms with Gasteiger partial charge in [0.05, 0.1) is 31.3 Å². The van der Waals surface area contributed by atoms with Gasteiger partial charge < -0.3 is 18.6 Å². The van der Waals surface area contributed by atoms with Crippen molar-refractivity contribution in [2.75, 3.05) is 44.5 Å². The Balaban J connectivity index is 1.63. The molecule has 0 radical (unpaired) electrons. The second kappa shape index (κ2) is 12.1. The van der Waals surface area contributed by atoms with E-state index in [1.54, 1.807) is 24.8 Å².